The van der Waals surface area contributed by atoms with Crippen molar-refractivity contribution in [2.45, 2.75) is 24.9 Å². The summed E-state index contributed by atoms with van der Waals surface area (Å²) in [7, 11) is -4.07. The average Bonchev–Trinajstić information content (AvgIpc) is 2.87. The van der Waals surface area contributed by atoms with Crippen molar-refractivity contribution in [3.63, 3.8) is 0 Å². The Morgan fingerprint density at radius 1 is 0.943 bits per heavy atom. The van der Waals surface area contributed by atoms with E-state index in [2.05, 4.69) is 10.1 Å². The van der Waals surface area contributed by atoms with Crippen LogP contribution in [-0.4, -0.2) is 56.6 Å². The van der Waals surface area contributed by atoms with Crippen LogP contribution in [0.1, 0.15) is 18.1 Å². The Kier molecular flexibility index (Phi) is 7.64. The number of nitrogens with zero attached hydrogens (tertiary/aromatic N) is 2. The minimum atomic E-state index is -4.07. The van der Waals surface area contributed by atoms with Gasteiger partial charge < -0.3 is 15.0 Å². The zero-order valence-corrected chi connectivity index (χ0v) is 20.3. The van der Waals surface area contributed by atoms with Crippen molar-refractivity contribution in [1.82, 2.24) is 20.1 Å². The van der Waals surface area contributed by atoms with Gasteiger partial charge >= 0.3 is 6.03 Å². The maximum absolute atomic E-state index is 13.4. The Hall–Kier alpha value is -3.47. The van der Waals surface area contributed by atoms with E-state index in [4.69, 9.17) is 4.74 Å². The van der Waals surface area contributed by atoms with Gasteiger partial charge in [-0.2, -0.15) is 0 Å². The number of hydrazine groups is 1. The number of morpholine rings is 1. The molecule has 35 heavy (non-hydrogen) atoms. The number of urea groups is 1. The van der Waals surface area contributed by atoms with Gasteiger partial charge in [-0.05, 0) is 22.6 Å². The second kappa shape index (κ2) is 10.9. The van der Waals surface area contributed by atoms with Crippen LogP contribution in [0.25, 0.3) is 10.8 Å². The normalized spacial score (nSPS) is 14.0. The van der Waals surface area contributed by atoms with Gasteiger partial charge in [0.1, 0.15) is 0 Å². The fourth-order valence-corrected chi connectivity index (χ4v) is 5.12. The summed E-state index contributed by atoms with van der Waals surface area (Å²) in [6.45, 7) is 3.41. The third kappa shape index (κ3) is 6.16. The van der Waals surface area contributed by atoms with Crippen molar-refractivity contribution in [1.29, 1.82) is 0 Å². The van der Waals surface area contributed by atoms with Crippen LogP contribution in [0, 0.1) is 0 Å². The number of carbonyl (C=O) groups excluding carboxylic acids is 2. The summed E-state index contributed by atoms with van der Waals surface area (Å²) < 4.78 is 32.2. The fraction of sp³-hybridized carbons (Fsp3) is 0.280. The number of benzene rings is 3. The molecule has 0 bridgehead atoms. The third-order valence-corrected chi connectivity index (χ3v) is 7.08. The molecule has 2 N–H and O–H groups in total. The van der Waals surface area contributed by atoms with Crippen LogP contribution in [0.4, 0.5) is 4.79 Å². The zero-order chi connectivity index (χ0) is 24.8. The molecule has 1 heterocycles. The van der Waals surface area contributed by atoms with Gasteiger partial charge in [0.25, 0.3) is 10.0 Å². The highest BCUT2D eigenvalue weighted by molar-refractivity contribution is 7.89. The Bertz CT molecular complexity index is 1300. The summed E-state index contributed by atoms with van der Waals surface area (Å²) >= 11 is 0. The molecular formula is C25H28N4O5S. The number of hydrogen-bond donors (Lipinski definition) is 2. The van der Waals surface area contributed by atoms with Gasteiger partial charge in [-0.3, -0.25) is 4.79 Å². The van der Waals surface area contributed by atoms with E-state index in [-0.39, 0.29) is 17.3 Å². The van der Waals surface area contributed by atoms with Crippen LogP contribution in [0.3, 0.4) is 0 Å². The molecule has 184 valence electrons. The van der Waals surface area contributed by atoms with Crippen LogP contribution in [-0.2, 0) is 32.6 Å². The zero-order valence-electron chi connectivity index (χ0n) is 19.4. The van der Waals surface area contributed by atoms with Gasteiger partial charge in [0.05, 0.1) is 24.7 Å². The van der Waals surface area contributed by atoms with E-state index < -0.39 is 16.1 Å². The first-order valence-electron chi connectivity index (χ1n) is 11.3. The summed E-state index contributed by atoms with van der Waals surface area (Å²) in [5, 5.41) is 5.22. The number of amides is 3. The first kappa shape index (κ1) is 24.6. The predicted octanol–water partition coefficient (Wildman–Crippen LogP) is 2.62. The summed E-state index contributed by atoms with van der Waals surface area (Å²) in [6.07, 6.45) is 0. The lowest BCUT2D eigenvalue weighted by Gasteiger charge is -2.33. The monoisotopic (exact) mass is 496 g/mol. The quantitative estimate of drug-likeness (QED) is 0.489. The smallest absolute Gasteiger partial charge is 0.335 e. The maximum Gasteiger partial charge on any atom is 0.335 e. The van der Waals surface area contributed by atoms with Gasteiger partial charge in [0.2, 0.25) is 5.91 Å². The molecular weight excluding hydrogens is 468 g/mol. The molecule has 0 spiro atoms. The van der Waals surface area contributed by atoms with Crippen molar-refractivity contribution >= 4 is 32.7 Å². The molecule has 0 radical (unpaired) electrons. The summed E-state index contributed by atoms with van der Waals surface area (Å²) in [6, 6.07) is 19.1. The number of sulfonamides is 1. The molecule has 3 aromatic carbocycles. The van der Waals surface area contributed by atoms with E-state index in [1.807, 2.05) is 42.5 Å². The third-order valence-electron chi connectivity index (χ3n) is 5.69. The van der Waals surface area contributed by atoms with Gasteiger partial charge in [-0.25, -0.2) is 18.2 Å². The van der Waals surface area contributed by atoms with E-state index in [9.17, 15) is 18.0 Å². The molecule has 1 saturated heterocycles. The Morgan fingerprint density at radius 2 is 1.60 bits per heavy atom. The molecule has 10 heteroatoms. The van der Waals surface area contributed by atoms with Crippen molar-refractivity contribution in [3.8, 4) is 0 Å². The van der Waals surface area contributed by atoms with Gasteiger partial charge in [-0.15, -0.1) is 4.83 Å². The molecule has 3 amide bonds. The summed E-state index contributed by atoms with van der Waals surface area (Å²) in [5.41, 5.74) is 1.63. The molecule has 1 aliphatic heterocycles. The number of hydrogen-bond acceptors (Lipinski definition) is 5. The number of fused-ring (bicyclic) bond motifs is 1. The second-order valence-electron chi connectivity index (χ2n) is 8.27. The van der Waals surface area contributed by atoms with E-state index >= 15 is 0 Å². The molecule has 0 unspecified atom stereocenters. The lowest BCUT2D eigenvalue weighted by molar-refractivity contribution is -0.119. The molecule has 0 aromatic heterocycles. The number of ether oxygens (including phenoxy) is 1. The molecule has 1 aliphatic rings. The van der Waals surface area contributed by atoms with E-state index in [1.54, 1.807) is 23.1 Å². The largest absolute Gasteiger partial charge is 0.378 e. The second-order valence-corrected chi connectivity index (χ2v) is 9.90. The molecule has 4 rings (SSSR count). The van der Waals surface area contributed by atoms with Crippen LogP contribution in [0.2, 0.25) is 0 Å². The maximum atomic E-state index is 13.4. The van der Waals surface area contributed by atoms with Crippen LogP contribution >= 0.6 is 0 Å². The topological polar surface area (TPSA) is 108 Å². The van der Waals surface area contributed by atoms with Gasteiger partial charge in [0, 0.05) is 31.9 Å². The van der Waals surface area contributed by atoms with Crippen molar-refractivity contribution in [2.75, 3.05) is 26.3 Å². The standard InChI is InChI=1S/C25H28N4O5S/c1-19(30)26-17-20-9-11-21(12-10-20)18-29(25(31)28-13-15-34-16-14-28)27-35(32,33)24-8-4-6-22-5-2-3-7-23(22)24/h2-12,27H,13-18H2,1H3,(H,26,30). The minimum Gasteiger partial charge on any atom is -0.378 e. The highest BCUT2D eigenvalue weighted by Gasteiger charge is 2.28. The molecule has 1 fully saturated rings. The molecule has 0 atom stereocenters. The van der Waals surface area contributed by atoms with Crippen LogP contribution < -0.4 is 10.1 Å². The van der Waals surface area contributed by atoms with Crippen LogP contribution in [0.15, 0.2) is 71.6 Å². The van der Waals surface area contributed by atoms with Gasteiger partial charge in [0.15, 0.2) is 0 Å². The fourth-order valence-electron chi connectivity index (χ4n) is 3.86. The number of rotatable bonds is 7. The number of carbonyl (C=O) groups is 2. The first-order valence-corrected chi connectivity index (χ1v) is 12.8. The van der Waals surface area contributed by atoms with Crippen LogP contribution in [0.5, 0.6) is 0 Å². The SMILES string of the molecule is CC(=O)NCc1ccc(CN(NS(=O)(=O)c2cccc3ccccc23)C(=O)N2CCOCC2)cc1. The Labute approximate surface area is 204 Å². The van der Waals surface area contributed by atoms with Gasteiger partial charge in [-0.1, -0.05) is 60.7 Å². The molecule has 0 saturated carbocycles. The summed E-state index contributed by atoms with van der Waals surface area (Å²) in [4.78, 5) is 28.7. The number of nitrogens with one attached hydrogen (secondary N) is 2. The predicted molar refractivity (Wildman–Crippen MR) is 132 cm³/mol. The lowest BCUT2D eigenvalue weighted by atomic mass is 10.1. The van der Waals surface area contributed by atoms with Crippen molar-refractivity contribution in [3.05, 3.63) is 77.9 Å². The summed E-state index contributed by atoms with van der Waals surface area (Å²) in [5.74, 6) is -0.126. The molecule has 3 aromatic rings. The minimum absolute atomic E-state index is 0.0284. The van der Waals surface area contributed by atoms with Crippen molar-refractivity contribution in [2.24, 2.45) is 0 Å². The molecule has 9 nitrogen and oxygen atoms in total. The van der Waals surface area contributed by atoms with E-state index in [0.29, 0.717) is 38.2 Å². The van der Waals surface area contributed by atoms with E-state index in [0.717, 1.165) is 21.5 Å². The average molecular weight is 497 g/mol. The van der Waals surface area contributed by atoms with Crippen molar-refractivity contribution < 1.29 is 22.7 Å². The van der Waals surface area contributed by atoms with E-state index in [1.165, 1.54) is 13.0 Å². The Morgan fingerprint density at radius 3 is 2.31 bits per heavy atom. The Balaban J connectivity index is 1.60. The highest BCUT2D eigenvalue weighted by Crippen LogP contribution is 2.23. The lowest BCUT2D eigenvalue weighted by Crippen LogP contribution is -2.54. The molecule has 0 aliphatic carbocycles. The first-order chi connectivity index (χ1) is 16.8. The highest BCUT2D eigenvalue weighted by atomic mass is 32.2.